The van der Waals surface area contributed by atoms with Gasteiger partial charge in [-0.25, -0.2) is 9.97 Å². The smallest absolute Gasteiger partial charge is 0.251 e. The molecule has 2 heterocycles. The number of aromatic nitrogens is 2. The second kappa shape index (κ2) is 9.20. The zero-order valence-corrected chi connectivity index (χ0v) is 15.2. The Labute approximate surface area is 157 Å². The van der Waals surface area contributed by atoms with Gasteiger partial charge in [-0.2, -0.15) is 5.26 Å². The molecule has 0 N–H and O–H groups in total. The molecule has 2 aromatic rings. The number of ether oxygens (including phenoxy) is 1. The lowest BCUT2D eigenvalue weighted by atomic mass is 10.1. The van der Waals surface area contributed by atoms with Crippen LogP contribution in [0.4, 0.5) is 0 Å². The highest BCUT2D eigenvalue weighted by atomic mass is 32.2. The van der Waals surface area contributed by atoms with Crippen molar-refractivity contribution in [3.63, 3.8) is 0 Å². The molecule has 7 heteroatoms. The average Bonchev–Trinajstić information content (AvgIpc) is 2.69. The summed E-state index contributed by atoms with van der Waals surface area (Å²) in [5.41, 5.74) is 1.39. The lowest BCUT2D eigenvalue weighted by Gasteiger charge is -2.32. The second-order valence-electron chi connectivity index (χ2n) is 6.02. The van der Waals surface area contributed by atoms with Crippen LogP contribution in [0.5, 0.6) is 5.88 Å². The molecule has 0 radical (unpaired) electrons. The number of thioether (sulfide) groups is 1. The maximum absolute atomic E-state index is 12.5. The zero-order chi connectivity index (χ0) is 18.2. The third-order valence-electron chi connectivity index (χ3n) is 4.12. The summed E-state index contributed by atoms with van der Waals surface area (Å²) >= 11 is 1.62. The van der Waals surface area contributed by atoms with E-state index in [0.717, 1.165) is 25.1 Å². The predicted octanol–water partition coefficient (Wildman–Crippen LogP) is 2.65. The number of piperidine rings is 1. The van der Waals surface area contributed by atoms with E-state index in [1.54, 1.807) is 11.8 Å². The van der Waals surface area contributed by atoms with E-state index >= 15 is 0 Å². The summed E-state index contributed by atoms with van der Waals surface area (Å²) in [6.07, 6.45) is 4.52. The predicted molar refractivity (Wildman–Crippen MR) is 99.6 cm³/mol. The number of likely N-dealkylation sites (tertiary alicyclic amines) is 1. The number of carbonyl (C=O) groups is 1. The lowest BCUT2D eigenvalue weighted by Crippen LogP contribution is -2.45. The number of benzene rings is 1. The Kier molecular flexibility index (Phi) is 6.45. The Morgan fingerprint density at radius 2 is 2.12 bits per heavy atom. The van der Waals surface area contributed by atoms with E-state index in [4.69, 9.17) is 10.00 Å². The number of carbonyl (C=O) groups excluding carboxylic acids is 1. The van der Waals surface area contributed by atoms with E-state index < -0.39 is 0 Å². The van der Waals surface area contributed by atoms with E-state index in [1.165, 1.54) is 18.0 Å². The van der Waals surface area contributed by atoms with Crippen molar-refractivity contribution >= 4 is 17.7 Å². The summed E-state index contributed by atoms with van der Waals surface area (Å²) in [5.74, 6) is 1.65. The van der Waals surface area contributed by atoms with Crippen LogP contribution in [0.15, 0.2) is 42.7 Å². The summed E-state index contributed by atoms with van der Waals surface area (Å²) in [6, 6.07) is 12.1. The van der Waals surface area contributed by atoms with E-state index in [0.29, 0.717) is 12.3 Å². The van der Waals surface area contributed by atoms with Crippen molar-refractivity contribution in [2.45, 2.75) is 24.7 Å². The minimum Gasteiger partial charge on any atom is -0.470 e. The minimum atomic E-state index is -0.157. The quantitative estimate of drug-likeness (QED) is 0.780. The molecule has 1 saturated heterocycles. The van der Waals surface area contributed by atoms with Gasteiger partial charge in [-0.3, -0.25) is 4.79 Å². The normalized spacial score (nSPS) is 16.7. The van der Waals surface area contributed by atoms with Crippen LogP contribution in [-0.2, 0) is 10.5 Å². The maximum atomic E-state index is 12.5. The molecule has 1 aliphatic rings. The molecule has 1 amide bonds. The van der Waals surface area contributed by atoms with Crippen LogP contribution in [-0.4, -0.2) is 45.7 Å². The Morgan fingerprint density at radius 3 is 2.92 bits per heavy atom. The number of nitrogens with zero attached hydrogens (tertiary/aromatic N) is 4. The minimum absolute atomic E-state index is 0.124. The first-order chi connectivity index (χ1) is 12.8. The van der Waals surface area contributed by atoms with E-state index in [2.05, 4.69) is 22.1 Å². The first-order valence-electron chi connectivity index (χ1n) is 8.53. The van der Waals surface area contributed by atoms with Gasteiger partial charge in [0.05, 0.1) is 12.3 Å². The highest BCUT2D eigenvalue weighted by molar-refractivity contribution is 7.99. The molecule has 0 aliphatic carbocycles. The Hall–Kier alpha value is -2.59. The highest BCUT2D eigenvalue weighted by Gasteiger charge is 2.25. The van der Waals surface area contributed by atoms with Crippen LogP contribution in [0.25, 0.3) is 0 Å². The van der Waals surface area contributed by atoms with Gasteiger partial charge < -0.3 is 9.64 Å². The van der Waals surface area contributed by atoms with Gasteiger partial charge in [0.25, 0.3) is 5.88 Å². The van der Waals surface area contributed by atoms with Gasteiger partial charge in [-0.05, 0) is 18.4 Å². The number of hydrogen-bond donors (Lipinski definition) is 0. The van der Waals surface area contributed by atoms with Gasteiger partial charge in [0.2, 0.25) is 11.6 Å². The standard InChI is InChI=1S/C19H20N4O2S/c20-11-17-19(22-9-8-21-17)25-16-7-4-10-23(12-16)18(24)14-26-13-15-5-2-1-3-6-15/h1-3,5-6,8-9,16H,4,7,10,12-14H2. The molecule has 1 atom stereocenters. The SMILES string of the molecule is N#Cc1nccnc1OC1CCCN(C(=O)CSCc2ccccc2)C1. The molecular weight excluding hydrogens is 348 g/mol. The molecule has 1 unspecified atom stereocenters. The number of amides is 1. The molecule has 1 aromatic heterocycles. The molecule has 0 bridgehead atoms. The Bertz CT molecular complexity index is 779. The summed E-state index contributed by atoms with van der Waals surface area (Å²) in [7, 11) is 0. The number of nitriles is 1. The van der Waals surface area contributed by atoms with E-state index in [1.807, 2.05) is 29.2 Å². The zero-order valence-electron chi connectivity index (χ0n) is 14.4. The van der Waals surface area contributed by atoms with Crippen LogP contribution < -0.4 is 4.74 Å². The second-order valence-corrected chi connectivity index (χ2v) is 7.01. The Morgan fingerprint density at radius 1 is 1.31 bits per heavy atom. The van der Waals surface area contributed by atoms with Crippen LogP contribution >= 0.6 is 11.8 Å². The molecule has 0 saturated carbocycles. The third kappa shape index (κ3) is 4.96. The van der Waals surface area contributed by atoms with Gasteiger partial charge in [0.1, 0.15) is 12.2 Å². The molecule has 0 spiro atoms. The fourth-order valence-corrected chi connectivity index (χ4v) is 3.72. The maximum Gasteiger partial charge on any atom is 0.251 e. The van der Waals surface area contributed by atoms with Crippen LogP contribution in [0.3, 0.4) is 0 Å². The molecule has 1 aliphatic heterocycles. The van der Waals surface area contributed by atoms with Gasteiger partial charge in [-0.15, -0.1) is 11.8 Å². The molecule has 3 rings (SSSR count). The molecule has 1 fully saturated rings. The van der Waals surface area contributed by atoms with Crippen molar-refractivity contribution in [2.24, 2.45) is 0 Å². The third-order valence-corrected chi connectivity index (χ3v) is 5.11. The van der Waals surface area contributed by atoms with Crippen molar-refractivity contribution in [2.75, 3.05) is 18.8 Å². The molecule has 6 nitrogen and oxygen atoms in total. The van der Waals surface area contributed by atoms with Gasteiger partial charge in [0, 0.05) is 24.7 Å². The fraction of sp³-hybridized carbons (Fsp3) is 0.368. The first-order valence-corrected chi connectivity index (χ1v) is 9.69. The number of hydrogen-bond acceptors (Lipinski definition) is 6. The largest absolute Gasteiger partial charge is 0.470 e. The van der Waals surface area contributed by atoms with Crippen molar-refractivity contribution < 1.29 is 9.53 Å². The highest BCUT2D eigenvalue weighted by Crippen LogP contribution is 2.20. The van der Waals surface area contributed by atoms with Gasteiger partial charge >= 0.3 is 0 Å². The van der Waals surface area contributed by atoms with E-state index in [9.17, 15) is 4.79 Å². The molecule has 134 valence electrons. The van der Waals surface area contributed by atoms with Crippen molar-refractivity contribution in [1.29, 1.82) is 5.26 Å². The van der Waals surface area contributed by atoms with Crippen LogP contribution in [0, 0.1) is 11.3 Å². The first kappa shape index (κ1) is 18.2. The summed E-state index contributed by atoms with van der Waals surface area (Å²) in [6.45, 7) is 1.27. The van der Waals surface area contributed by atoms with Crippen molar-refractivity contribution in [3.8, 4) is 11.9 Å². The fourth-order valence-electron chi connectivity index (χ4n) is 2.83. The monoisotopic (exact) mass is 368 g/mol. The molecular formula is C19H20N4O2S. The summed E-state index contributed by atoms with van der Waals surface area (Å²) < 4.78 is 5.83. The molecule has 26 heavy (non-hydrogen) atoms. The van der Waals surface area contributed by atoms with Crippen LogP contribution in [0.2, 0.25) is 0 Å². The summed E-state index contributed by atoms with van der Waals surface area (Å²) in [4.78, 5) is 22.4. The lowest BCUT2D eigenvalue weighted by molar-refractivity contribution is -0.130. The Balaban J connectivity index is 1.49. The summed E-state index contributed by atoms with van der Waals surface area (Å²) in [5, 5.41) is 9.08. The molecule has 1 aromatic carbocycles. The van der Waals surface area contributed by atoms with Gasteiger partial charge in [-0.1, -0.05) is 30.3 Å². The van der Waals surface area contributed by atoms with E-state index in [-0.39, 0.29) is 23.6 Å². The van der Waals surface area contributed by atoms with Crippen molar-refractivity contribution in [1.82, 2.24) is 14.9 Å². The van der Waals surface area contributed by atoms with Crippen LogP contribution in [0.1, 0.15) is 24.1 Å². The van der Waals surface area contributed by atoms with Crippen molar-refractivity contribution in [3.05, 3.63) is 54.0 Å². The average molecular weight is 368 g/mol. The van der Waals surface area contributed by atoms with Gasteiger partial charge in [0.15, 0.2) is 0 Å². The number of rotatable bonds is 6. The topological polar surface area (TPSA) is 79.1 Å².